The molecule has 0 atom stereocenters. The van der Waals surface area contributed by atoms with E-state index in [2.05, 4.69) is 36.1 Å². The Morgan fingerprint density at radius 1 is 1.23 bits per heavy atom. The van der Waals surface area contributed by atoms with Gasteiger partial charge < -0.3 is 10.6 Å². The Hall–Kier alpha value is -2.79. The van der Waals surface area contributed by atoms with Crippen molar-refractivity contribution in [3.8, 4) is 0 Å². The van der Waals surface area contributed by atoms with Gasteiger partial charge in [0.15, 0.2) is 5.84 Å². The lowest BCUT2D eigenvalue weighted by atomic mass is 9.87. The zero-order valence-corrected chi connectivity index (χ0v) is 15.2. The van der Waals surface area contributed by atoms with E-state index in [1.807, 2.05) is 30.3 Å². The van der Waals surface area contributed by atoms with Gasteiger partial charge in [0.1, 0.15) is 0 Å². The summed E-state index contributed by atoms with van der Waals surface area (Å²) in [5, 5.41) is 10.5. The number of nitrogens with zero attached hydrogens (tertiary/aromatic N) is 2. The number of fused-ring (bicyclic) bond motifs is 1. The van der Waals surface area contributed by atoms with Gasteiger partial charge in [0, 0.05) is 36.5 Å². The molecule has 26 heavy (non-hydrogen) atoms. The molecule has 0 saturated heterocycles. The van der Waals surface area contributed by atoms with E-state index in [-0.39, 0.29) is 5.84 Å². The van der Waals surface area contributed by atoms with Crippen LogP contribution in [0.15, 0.2) is 59.4 Å². The van der Waals surface area contributed by atoms with Gasteiger partial charge in [0.2, 0.25) is 0 Å². The second kappa shape index (κ2) is 7.62. The molecule has 1 aliphatic rings. The van der Waals surface area contributed by atoms with Gasteiger partial charge in [0.25, 0.3) is 0 Å². The van der Waals surface area contributed by atoms with E-state index in [1.54, 1.807) is 6.07 Å². The summed E-state index contributed by atoms with van der Waals surface area (Å²) in [4.78, 5) is 13.1. The minimum atomic E-state index is -0.251. The summed E-state index contributed by atoms with van der Waals surface area (Å²) in [5.41, 5.74) is 12.2. The standard InChI is InChI=1S/C21H24N4O/c1-14(2)12-25-13-17-9-8-16(21(23)24-26)10-18(17)20(19(25)11-22)15-6-4-3-5-7-15/h3-10,14,23H,11-13,22H2,1-2H3. The van der Waals surface area contributed by atoms with E-state index in [9.17, 15) is 4.91 Å². The molecular weight excluding hydrogens is 324 g/mol. The smallest absolute Gasteiger partial charge is 0.196 e. The van der Waals surface area contributed by atoms with E-state index < -0.39 is 0 Å². The monoisotopic (exact) mass is 348 g/mol. The second-order valence-electron chi connectivity index (χ2n) is 6.98. The number of nitrogens with two attached hydrogens (primary N) is 1. The lowest BCUT2D eigenvalue weighted by Gasteiger charge is -2.36. The highest BCUT2D eigenvalue weighted by molar-refractivity contribution is 5.98. The highest BCUT2D eigenvalue weighted by Gasteiger charge is 2.26. The first-order chi connectivity index (χ1) is 12.5. The number of nitrogens with one attached hydrogen (secondary N) is 1. The highest BCUT2D eigenvalue weighted by atomic mass is 16.3. The third-order valence-electron chi connectivity index (χ3n) is 4.62. The molecule has 0 fully saturated rings. The normalized spacial score (nSPS) is 13.8. The first-order valence-electron chi connectivity index (χ1n) is 8.84. The average molecular weight is 348 g/mol. The quantitative estimate of drug-likeness (QED) is 0.487. The first-order valence-corrected chi connectivity index (χ1v) is 8.84. The number of amidine groups is 1. The molecule has 3 rings (SSSR count). The van der Waals surface area contributed by atoms with Crippen molar-refractivity contribution in [2.75, 3.05) is 13.1 Å². The molecule has 3 N–H and O–H groups in total. The van der Waals surface area contributed by atoms with Crippen molar-refractivity contribution in [1.82, 2.24) is 4.90 Å². The fourth-order valence-corrected chi connectivity index (χ4v) is 3.54. The summed E-state index contributed by atoms with van der Waals surface area (Å²) in [6.07, 6.45) is 0. The van der Waals surface area contributed by atoms with Gasteiger partial charge in [0.05, 0.1) is 0 Å². The van der Waals surface area contributed by atoms with Crippen molar-refractivity contribution in [2.45, 2.75) is 20.4 Å². The maximum atomic E-state index is 10.8. The number of hydrogen-bond donors (Lipinski definition) is 2. The summed E-state index contributed by atoms with van der Waals surface area (Å²) >= 11 is 0. The van der Waals surface area contributed by atoms with Crippen molar-refractivity contribution < 1.29 is 0 Å². The molecule has 2 aromatic rings. The van der Waals surface area contributed by atoms with Crippen LogP contribution in [0.5, 0.6) is 0 Å². The van der Waals surface area contributed by atoms with Crippen molar-refractivity contribution in [3.63, 3.8) is 0 Å². The molecule has 0 saturated carbocycles. The number of nitroso groups, excluding NO2 is 1. The van der Waals surface area contributed by atoms with Crippen molar-refractivity contribution in [3.05, 3.63) is 81.4 Å². The van der Waals surface area contributed by atoms with Crippen molar-refractivity contribution in [2.24, 2.45) is 16.8 Å². The lowest BCUT2D eigenvalue weighted by molar-refractivity contribution is 0.291. The van der Waals surface area contributed by atoms with Crippen LogP contribution in [0.25, 0.3) is 5.57 Å². The van der Waals surface area contributed by atoms with Crippen molar-refractivity contribution in [1.29, 1.82) is 5.41 Å². The maximum Gasteiger partial charge on any atom is 0.196 e. The lowest BCUT2D eigenvalue weighted by Crippen LogP contribution is -2.34. The molecule has 0 unspecified atom stereocenters. The molecule has 1 aliphatic heterocycles. The maximum absolute atomic E-state index is 10.8. The first kappa shape index (κ1) is 18.0. The molecule has 5 nitrogen and oxygen atoms in total. The van der Waals surface area contributed by atoms with E-state index >= 15 is 0 Å². The van der Waals surface area contributed by atoms with Crippen LogP contribution in [-0.2, 0) is 6.54 Å². The van der Waals surface area contributed by atoms with Gasteiger partial charge in [-0.2, -0.15) is 0 Å². The van der Waals surface area contributed by atoms with Gasteiger partial charge in [-0.1, -0.05) is 56.3 Å². The van der Waals surface area contributed by atoms with Crippen molar-refractivity contribution >= 4 is 11.4 Å². The summed E-state index contributed by atoms with van der Waals surface area (Å²) in [5.74, 6) is 0.265. The molecule has 0 spiro atoms. The largest absolute Gasteiger partial charge is 0.369 e. The Morgan fingerprint density at radius 2 is 1.96 bits per heavy atom. The average Bonchev–Trinajstić information content (AvgIpc) is 2.66. The van der Waals surface area contributed by atoms with Crippen LogP contribution < -0.4 is 5.73 Å². The van der Waals surface area contributed by atoms with Crippen LogP contribution in [-0.4, -0.2) is 23.8 Å². The minimum absolute atomic E-state index is 0.251. The van der Waals surface area contributed by atoms with E-state index in [1.165, 1.54) is 5.56 Å². The molecule has 5 heteroatoms. The summed E-state index contributed by atoms with van der Waals surface area (Å²) in [6, 6.07) is 15.8. The van der Waals surface area contributed by atoms with E-state index in [0.717, 1.165) is 35.5 Å². The third kappa shape index (κ3) is 3.44. The Kier molecular flexibility index (Phi) is 5.28. The van der Waals surface area contributed by atoms with Crippen LogP contribution in [0.3, 0.4) is 0 Å². The molecule has 2 aromatic carbocycles. The zero-order chi connectivity index (χ0) is 18.7. The summed E-state index contributed by atoms with van der Waals surface area (Å²) in [7, 11) is 0. The number of rotatable bonds is 5. The Balaban J connectivity index is 2.23. The molecular formula is C21H24N4O. The van der Waals surface area contributed by atoms with Gasteiger partial charge in [-0.05, 0) is 33.9 Å². The minimum Gasteiger partial charge on any atom is -0.369 e. The van der Waals surface area contributed by atoms with E-state index in [4.69, 9.17) is 11.1 Å². The number of benzene rings is 2. The summed E-state index contributed by atoms with van der Waals surface area (Å²) < 4.78 is 0. The fourth-order valence-electron chi connectivity index (χ4n) is 3.54. The molecule has 1 heterocycles. The Bertz CT molecular complexity index is 856. The SMILES string of the molecule is CC(C)CN1Cc2ccc(C(=N)N=O)cc2C(c2ccccc2)=C1CN. The Labute approximate surface area is 154 Å². The van der Waals surface area contributed by atoms with Crippen LogP contribution in [0.4, 0.5) is 0 Å². The predicted octanol–water partition coefficient (Wildman–Crippen LogP) is 3.97. The predicted molar refractivity (Wildman–Crippen MR) is 106 cm³/mol. The van der Waals surface area contributed by atoms with Gasteiger partial charge in [-0.3, -0.25) is 5.41 Å². The molecule has 0 bridgehead atoms. The molecule has 0 amide bonds. The Morgan fingerprint density at radius 3 is 2.58 bits per heavy atom. The van der Waals surface area contributed by atoms with E-state index in [0.29, 0.717) is 18.0 Å². The molecule has 0 aromatic heterocycles. The molecule has 0 aliphatic carbocycles. The summed E-state index contributed by atoms with van der Waals surface area (Å²) in [6.45, 7) is 6.54. The van der Waals surface area contributed by atoms with Crippen LogP contribution in [0, 0.1) is 16.2 Å². The third-order valence-corrected chi connectivity index (χ3v) is 4.62. The van der Waals surface area contributed by atoms with Crippen LogP contribution in [0.2, 0.25) is 0 Å². The highest BCUT2D eigenvalue weighted by Crippen LogP contribution is 2.37. The van der Waals surface area contributed by atoms with Gasteiger partial charge in [-0.25, -0.2) is 0 Å². The van der Waals surface area contributed by atoms with Crippen LogP contribution >= 0.6 is 0 Å². The zero-order valence-electron chi connectivity index (χ0n) is 15.2. The van der Waals surface area contributed by atoms with Crippen LogP contribution in [0.1, 0.15) is 36.1 Å². The number of hydrogen-bond acceptors (Lipinski definition) is 4. The fraction of sp³-hybridized carbons (Fsp3) is 0.286. The van der Waals surface area contributed by atoms with Gasteiger partial charge in [-0.15, -0.1) is 4.91 Å². The topological polar surface area (TPSA) is 82.5 Å². The second-order valence-corrected chi connectivity index (χ2v) is 6.98. The molecule has 0 radical (unpaired) electrons. The molecule has 134 valence electrons. The van der Waals surface area contributed by atoms with Gasteiger partial charge >= 0.3 is 0 Å².